The van der Waals surface area contributed by atoms with Crippen LogP contribution in [0, 0.1) is 0 Å². The van der Waals surface area contributed by atoms with E-state index in [1.807, 2.05) is 30.3 Å². The maximum absolute atomic E-state index is 10.0. The molecule has 0 aliphatic rings. The van der Waals surface area contributed by atoms with Crippen molar-refractivity contribution in [2.45, 2.75) is 26.2 Å². The Labute approximate surface area is 114 Å². The van der Waals surface area contributed by atoms with Crippen molar-refractivity contribution < 1.29 is 9.84 Å². The van der Waals surface area contributed by atoms with Crippen LogP contribution in [0.5, 0.6) is 11.5 Å². The van der Waals surface area contributed by atoms with Crippen molar-refractivity contribution in [3.8, 4) is 11.5 Å². The van der Waals surface area contributed by atoms with Crippen molar-refractivity contribution in [3.63, 3.8) is 0 Å². The van der Waals surface area contributed by atoms with Gasteiger partial charge in [-0.15, -0.1) is 0 Å². The van der Waals surface area contributed by atoms with Gasteiger partial charge in [-0.05, 0) is 23.6 Å². The third-order valence-corrected chi connectivity index (χ3v) is 3.06. The molecule has 0 saturated carbocycles. The summed E-state index contributed by atoms with van der Waals surface area (Å²) in [6.45, 7) is 2.83. The first-order chi connectivity index (χ1) is 9.29. The molecule has 1 N–H and O–H groups in total. The number of phenols is 1. The molecule has 0 aromatic heterocycles. The molecule has 2 aromatic rings. The van der Waals surface area contributed by atoms with E-state index in [-0.39, 0.29) is 0 Å². The average Bonchev–Trinajstić information content (AvgIpc) is 2.43. The van der Waals surface area contributed by atoms with Gasteiger partial charge in [0.1, 0.15) is 11.5 Å². The van der Waals surface area contributed by atoms with Crippen LogP contribution in [0.1, 0.15) is 30.9 Å². The lowest BCUT2D eigenvalue weighted by molar-refractivity contribution is 0.307. The molecular weight excluding hydrogens is 236 g/mol. The van der Waals surface area contributed by atoms with Gasteiger partial charge in [0.05, 0.1) is 6.61 Å². The fourth-order valence-corrected chi connectivity index (χ4v) is 1.93. The van der Waals surface area contributed by atoms with Crippen molar-refractivity contribution in [2.24, 2.45) is 0 Å². The zero-order valence-corrected chi connectivity index (χ0v) is 11.3. The molecule has 0 aliphatic heterocycles. The minimum absolute atomic E-state index is 0.304. The number of hydrogen-bond donors (Lipinski definition) is 1. The van der Waals surface area contributed by atoms with Gasteiger partial charge in [0.2, 0.25) is 0 Å². The summed E-state index contributed by atoms with van der Waals surface area (Å²) >= 11 is 0. The van der Waals surface area contributed by atoms with Gasteiger partial charge in [0.15, 0.2) is 0 Å². The Morgan fingerprint density at radius 1 is 1.05 bits per heavy atom. The Bertz CT molecular complexity index is 506. The van der Waals surface area contributed by atoms with Gasteiger partial charge < -0.3 is 9.84 Å². The van der Waals surface area contributed by atoms with E-state index in [1.165, 1.54) is 5.56 Å². The van der Waals surface area contributed by atoms with E-state index in [9.17, 15) is 5.11 Å². The number of rotatable bonds is 6. The molecule has 0 saturated heterocycles. The first-order valence-electron chi connectivity index (χ1n) is 6.78. The van der Waals surface area contributed by atoms with Crippen molar-refractivity contribution in [1.82, 2.24) is 0 Å². The molecule has 2 nitrogen and oxygen atoms in total. The van der Waals surface area contributed by atoms with E-state index >= 15 is 0 Å². The lowest BCUT2D eigenvalue weighted by Gasteiger charge is -2.09. The second-order valence-corrected chi connectivity index (χ2v) is 4.65. The summed E-state index contributed by atoms with van der Waals surface area (Å²) in [6, 6.07) is 15.7. The maximum atomic E-state index is 10.0. The SMILES string of the molecule is CCCCOc1ccc(Cc2ccccc2)c(O)c1. The van der Waals surface area contributed by atoms with Crippen LogP contribution in [0.25, 0.3) is 0 Å². The van der Waals surface area contributed by atoms with Gasteiger partial charge in [0.25, 0.3) is 0 Å². The predicted molar refractivity (Wildman–Crippen MR) is 77.8 cm³/mol. The second-order valence-electron chi connectivity index (χ2n) is 4.65. The number of ether oxygens (including phenoxy) is 1. The summed E-state index contributed by atoms with van der Waals surface area (Å²) in [5.74, 6) is 1.04. The molecule has 0 aliphatic carbocycles. The number of phenolic OH excluding ortho intramolecular Hbond substituents is 1. The molecule has 0 spiro atoms. The van der Waals surface area contributed by atoms with Crippen LogP contribution in [0.3, 0.4) is 0 Å². The molecule has 0 amide bonds. The van der Waals surface area contributed by atoms with Gasteiger partial charge in [-0.2, -0.15) is 0 Å². The van der Waals surface area contributed by atoms with Crippen LogP contribution >= 0.6 is 0 Å². The standard InChI is InChI=1S/C17H20O2/c1-2-3-11-19-16-10-9-15(17(18)13-16)12-14-7-5-4-6-8-14/h4-10,13,18H,2-3,11-12H2,1H3. The normalized spacial score (nSPS) is 10.4. The highest BCUT2D eigenvalue weighted by molar-refractivity contribution is 5.42. The minimum Gasteiger partial charge on any atom is -0.508 e. The van der Waals surface area contributed by atoms with E-state index in [0.29, 0.717) is 12.4 Å². The van der Waals surface area contributed by atoms with E-state index in [1.54, 1.807) is 6.07 Å². The van der Waals surface area contributed by atoms with Crippen molar-refractivity contribution in [1.29, 1.82) is 0 Å². The summed E-state index contributed by atoms with van der Waals surface area (Å²) in [4.78, 5) is 0. The number of aromatic hydroxyl groups is 1. The molecule has 19 heavy (non-hydrogen) atoms. The summed E-state index contributed by atoms with van der Waals surface area (Å²) in [6.07, 6.45) is 2.88. The van der Waals surface area contributed by atoms with Gasteiger partial charge in [-0.1, -0.05) is 49.7 Å². The Morgan fingerprint density at radius 3 is 2.53 bits per heavy atom. The van der Waals surface area contributed by atoms with Crippen molar-refractivity contribution in [2.75, 3.05) is 6.61 Å². The van der Waals surface area contributed by atoms with Crippen LogP contribution in [-0.4, -0.2) is 11.7 Å². The van der Waals surface area contributed by atoms with E-state index in [0.717, 1.165) is 30.6 Å². The van der Waals surface area contributed by atoms with Crippen LogP contribution in [0.4, 0.5) is 0 Å². The van der Waals surface area contributed by atoms with Gasteiger partial charge in [-0.3, -0.25) is 0 Å². The third-order valence-electron chi connectivity index (χ3n) is 3.06. The predicted octanol–water partition coefficient (Wildman–Crippen LogP) is 4.16. The molecule has 0 heterocycles. The summed E-state index contributed by atoms with van der Waals surface area (Å²) in [5.41, 5.74) is 2.12. The largest absolute Gasteiger partial charge is 0.508 e. The zero-order chi connectivity index (χ0) is 13.5. The Hall–Kier alpha value is -1.96. The molecule has 0 unspecified atom stereocenters. The van der Waals surface area contributed by atoms with Crippen LogP contribution in [-0.2, 0) is 6.42 Å². The zero-order valence-electron chi connectivity index (χ0n) is 11.3. The highest BCUT2D eigenvalue weighted by Gasteiger charge is 2.04. The van der Waals surface area contributed by atoms with Crippen LogP contribution < -0.4 is 4.74 Å². The smallest absolute Gasteiger partial charge is 0.122 e. The highest BCUT2D eigenvalue weighted by atomic mass is 16.5. The fourth-order valence-electron chi connectivity index (χ4n) is 1.93. The fraction of sp³-hybridized carbons (Fsp3) is 0.294. The molecule has 2 aromatic carbocycles. The first kappa shape index (κ1) is 13.5. The third kappa shape index (κ3) is 4.02. The molecule has 0 bridgehead atoms. The monoisotopic (exact) mass is 256 g/mol. The maximum Gasteiger partial charge on any atom is 0.122 e. The average molecular weight is 256 g/mol. The van der Waals surface area contributed by atoms with Crippen LogP contribution in [0.15, 0.2) is 48.5 Å². The van der Waals surface area contributed by atoms with Crippen molar-refractivity contribution in [3.05, 3.63) is 59.7 Å². The minimum atomic E-state index is 0.304. The molecular formula is C17H20O2. The first-order valence-corrected chi connectivity index (χ1v) is 6.78. The van der Waals surface area contributed by atoms with Crippen molar-refractivity contribution >= 4 is 0 Å². The summed E-state index contributed by atoms with van der Waals surface area (Å²) in [5, 5.41) is 10.0. The molecule has 0 radical (unpaired) electrons. The molecule has 2 heteroatoms. The summed E-state index contributed by atoms with van der Waals surface area (Å²) in [7, 11) is 0. The second kappa shape index (κ2) is 6.83. The Balaban J connectivity index is 2.03. The topological polar surface area (TPSA) is 29.5 Å². The summed E-state index contributed by atoms with van der Waals surface area (Å²) < 4.78 is 5.57. The van der Waals surface area contributed by atoms with E-state index in [4.69, 9.17) is 4.74 Å². The molecule has 2 rings (SSSR count). The van der Waals surface area contributed by atoms with Gasteiger partial charge in [0, 0.05) is 12.5 Å². The number of hydrogen-bond acceptors (Lipinski definition) is 2. The molecule has 0 fully saturated rings. The van der Waals surface area contributed by atoms with Gasteiger partial charge in [-0.25, -0.2) is 0 Å². The number of unbranched alkanes of at least 4 members (excludes halogenated alkanes) is 1. The molecule has 0 atom stereocenters. The van der Waals surface area contributed by atoms with E-state index < -0.39 is 0 Å². The van der Waals surface area contributed by atoms with Crippen LogP contribution in [0.2, 0.25) is 0 Å². The lowest BCUT2D eigenvalue weighted by Crippen LogP contribution is -1.97. The Kier molecular flexibility index (Phi) is 4.85. The van der Waals surface area contributed by atoms with E-state index in [2.05, 4.69) is 19.1 Å². The molecule has 100 valence electrons. The highest BCUT2D eigenvalue weighted by Crippen LogP contribution is 2.25. The van der Waals surface area contributed by atoms with Gasteiger partial charge >= 0.3 is 0 Å². The quantitative estimate of drug-likeness (QED) is 0.786. The number of benzene rings is 2. The Morgan fingerprint density at radius 2 is 1.84 bits per heavy atom. The lowest BCUT2D eigenvalue weighted by atomic mass is 10.0.